The SMILES string of the molecule is FC(F)(F)Oc1ccccc1-c1cc(Cl)ccn1. The van der Waals surface area contributed by atoms with Gasteiger partial charge in [0.15, 0.2) is 0 Å². The van der Waals surface area contributed by atoms with Crippen molar-refractivity contribution in [1.29, 1.82) is 0 Å². The Bertz CT molecular complexity index is 557. The van der Waals surface area contributed by atoms with Gasteiger partial charge in [0, 0.05) is 16.8 Å². The zero-order chi connectivity index (χ0) is 13.2. The Morgan fingerprint density at radius 2 is 1.83 bits per heavy atom. The van der Waals surface area contributed by atoms with Crippen molar-refractivity contribution in [3.8, 4) is 17.0 Å². The van der Waals surface area contributed by atoms with Gasteiger partial charge in [-0.2, -0.15) is 0 Å². The molecule has 0 aliphatic carbocycles. The molecule has 0 aliphatic rings. The molecule has 0 aliphatic heterocycles. The fourth-order valence-corrected chi connectivity index (χ4v) is 1.60. The minimum absolute atomic E-state index is 0.234. The van der Waals surface area contributed by atoms with E-state index in [1.807, 2.05) is 0 Å². The molecular weight excluding hydrogens is 267 g/mol. The van der Waals surface area contributed by atoms with Crippen molar-refractivity contribution < 1.29 is 17.9 Å². The topological polar surface area (TPSA) is 22.1 Å². The van der Waals surface area contributed by atoms with Gasteiger partial charge in [0.05, 0.1) is 5.69 Å². The Balaban J connectivity index is 2.45. The second-order valence-corrected chi connectivity index (χ2v) is 3.84. The average Bonchev–Trinajstić information content (AvgIpc) is 2.27. The summed E-state index contributed by atoms with van der Waals surface area (Å²) >= 11 is 5.78. The molecule has 1 heterocycles. The number of rotatable bonds is 2. The summed E-state index contributed by atoms with van der Waals surface area (Å²) in [5.74, 6) is -0.306. The summed E-state index contributed by atoms with van der Waals surface area (Å²) in [4.78, 5) is 3.97. The van der Waals surface area contributed by atoms with Gasteiger partial charge in [0.25, 0.3) is 0 Å². The van der Waals surface area contributed by atoms with Crippen molar-refractivity contribution in [3.05, 3.63) is 47.6 Å². The first kappa shape index (κ1) is 12.7. The number of nitrogens with zero attached hydrogens (tertiary/aromatic N) is 1. The lowest BCUT2D eigenvalue weighted by Crippen LogP contribution is -2.17. The maximum absolute atomic E-state index is 12.2. The van der Waals surface area contributed by atoms with E-state index in [1.165, 1.54) is 36.5 Å². The van der Waals surface area contributed by atoms with Crippen LogP contribution in [0.4, 0.5) is 13.2 Å². The van der Waals surface area contributed by atoms with E-state index in [2.05, 4.69) is 9.72 Å². The van der Waals surface area contributed by atoms with Gasteiger partial charge in [-0.1, -0.05) is 23.7 Å². The highest BCUT2D eigenvalue weighted by atomic mass is 35.5. The minimum Gasteiger partial charge on any atom is -0.405 e. The van der Waals surface area contributed by atoms with Crippen molar-refractivity contribution in [3.63, 3.8) is 0 Å². The van der Waals surface area contributed by atoms with E-state index in [0.29, 0.717) is 10.7 Å². The summed E-state index contributed by atoms with van der Waals surface area (Å²) < 4.78 is 40.7. The first-order valence-corrected chi connectivity index (χ1v) is 5.30. The number of aromatic nitrogens is 1. The van der Waals surface area contributed by atoms with Gasteiger partial charge in [0.2, 0.25) is 0 Å². The highest BCUT2D eigenvalue weighted by Gasteiger charge is 2.32. The minimum atomic E-state index is -4.74. The lowest BCUT2D eigenvalue weighted by Gasteiger charge is -2.12. The van der Waals surface area contributed by atoms with E-state index in [0.717, 1.165) is 0 Å². The van der Waals surface area contributed by atoms with Crippen LogP contribution < -0.4 is 4.74 Å². The van der Waals surface area contributed by atoms with Gasteiger partial charge in [0.1, 0.15) is 5.75 Å². The number of para-hydroxylation sites is 1. The molecule has 0 saturated carbocycles. The Labute approximate surface area is 106 Å². The van der Waals surface area contributed by atoms with Crippen LogP contribution in [0.25, 0.3) is 11.3 Å². The summed E-state index contributed by atoms with van der Waals surface area (Å²) in [5.41, 5.74) is 0.555. The van der Waals surface area contributed by atoms with E-state index in [4.69, 9.17) is 11.6 Å². The van der Waals surface area contributed by atoms with Gasteiger partial charge in [-0.3, -0.25) is 4.98 Å². The molecule has 0 N–H and O–H groups in total. The summed E-state index contributed by atoms with van der Waals surface area (Å²) in [5, 5.41) is 0.391. The second-order valence-electron chi connectivity index (χ2n) is 3.40. The fraction of sp³-hybridized carbons (Fsp3) is 0.0833. The van der Waals surface area contributed by atoms with E-state index < -0.39 is 6.36 Å². The molecular formula is C12H7ClF3NO. The van der Waals surface area contributed by atoms with E-state index in [1.54, 1.807) is 6.07 Å². The normalized spacial score (nSPS) is 11.3. The fourth-order valence-electron chi connectivity index (χ4n) is 1.44. The standard InChI is InChI=1S/C12H7ClF3NO/c13-8-5-6-17-10(7-8)9-3-1-2-4-11(9)18-12(14,15)16/h1-7H. The molecule has 2 nitrogen and oxygen atoms in total. The molecule has 0 fully saturated rings. The van der Waals surface area contributed by atoms with Gasteiger partial charge in [-0.15, -0.1) is 13.2 Å². The van der Waals surface area contributed by atoms with Crippen LogP contribution in [-0.2, 0) is 0 Å². The molecule has 0 saturated heterocycles. The predicted molar refractivity (Wildman–Crippen MR) is 61.4 cm³/mol. The van der Waals surface area contributed by atoms with Gasteiger partial charge < -0.3 is 4.74 Å². The number of ether oxygens (including phenoxy) is 1. The third-order valence-corrected chi connectivity index (χ3v) is 2.35. The summed E-state index contributed by atoms with van der Waals surface area (Å²) in [7, 11) is 0. The zero-order valence-electron chi connectivity index (χ0n) is 8.91. The van der Waals surface area contributed by atoms with Crippen molar-refractivity contribution in [1.82, 2.24) is 4.98 Å². The van der Waals surface area contributed by atoms with E-state index in [9.17, 15) is 13.2 Å². The van der Waals surface area contributed by atoms with Crippen molar-refractivity contribution in [2.75, 3.05) is 0 Å². The van der Waals surface area contributed by atoms with Crippen molar-refractivity contribution >= 4 is 11.6 Å². The molecule has 0 spiro atoms. The molecule has 2 aromatic rings. The lowest BCUT2D eigenvalue weighted by atomic mass is 10.1. The molecule has 1 aromatic carbocycles. The summed E-state index contributed by atoms with van der Waals surface area (Å²) in [6.07, 6.45) is -3.32. The average molecular weight is 274 g/mol. The van der Waals surface area contributed by atoms with Gasteiger partial charge in [-0.25, -0.2) is 0 Å². The maximum Gasteiger partial charge on any atom is 0.573 e. The van der Waals surface area contributed by atoms with Crippen LogP contribution in [0.15, 0.2) is 42.6 Å². The van der Waals surface area contributed by atoms with Crippen LogP contribution in [0.1, 0.15) is 0 Å². The molecule has 94 valence electrons. The monoisotopic (exact) mass is 273 g/mol. The predicted octanol–water partition coefficient (Wildman–Crippen LogP) is 4.30. The smallest absolute Gasteiger partial charge is 0.405 e. The van der Waals surface area contributed by atoms with Crippen molar-refractivity contribution in [2.24, 2.45) is 0 Å². The molecule has 0 unspecified atom stereocenters. The Morgan fingerprint density at radius 3 is 2.50 bits per heavy atom. The molecule has 6 heteroatoms. The molecule has 0 atom stereocenters. The first-order chi connectivity index (χ1) is 8.46. The van der Waals surface area contributed by atoms with E-state index in [-0.39, 0.29) is 11.3 Å². The molecule has 18 heavy (non-hydrogen) atoms. The molecule has 0 radical (unpaired) electrons. The van der Waals surface area contributed by atoms with Crippen LogP contribution in [-0.4, -0.2) is 11.3 Å². The van der Waals surface area contributed by atoms with Crippen molar-refractivity contribution in [2.45, 2.75) is 6.36 Å². The van der Waals surface area contributed by atoms with Gasteiger partial charge in [-0.05, 0) is 24.3 Å². The number of hydrogen-bond acceptors (Lipinski definition) is 2. The Hall–Kier alpha value is -1.75. The maximum atomic E-state index is 12.2. The Kier molecular flexibility index (Phi) is 3.43. The number of pyridine rings is 1. The lowest BCUT2D eigenvalue weighted by molar-refractivity contribution is -0.274. The van der Waals surface area contributed by atoms with Crippen LogP contribution in [0.3, 0.4) is 0 Å². The summed E-state index contributed by atoms with van der Waals surface area (Å²) in [6, 6.07) is 8.78. The summed E-state index contributed by atoms with van der Waals surface area (Å²) in [6.45, 7) is 0. The number of halogens is 4. The molecule has 0 bridgehead atoms. The largest absolute Gasteiger partial charge is 0.573 e. The van der Waals surface area contributed by atoms with Crippen LogP contribution >= 0.6 is 11.6 Å². The Morgan fingerprint density at radius 1 is 1.11 bits per heavy atom. The van der Waals surface area contributed by atoms with E-state index >= 15 is 0 Å². The third-order valence-electron chi connectivity index (χ3n) is 2.11. The van der Waals surface area contributed by atoms with Crippen LogP contribution in [0.2, 0.25) is 5.02 Å². The van der Waals surface area contributed by atoms with Crippen LogP contribution in [0, 0.1) is 0 Å². The zero-order valence-corrected chi connectivity index (χ0v) is 9.66. The number of alkyl halides is 3. The first-order valence-electron chi connectivity index (χ1n) is 4.92. The highest BCUT2D eigenvalue weighted by Crippen LogP contribution is 2.33. The number of benzene rings is 1. The highest BCUT2D eigenvalue weighted by molar-refractivity contribution is 6.30. The quantitative estimate of drug-likeness (QED) is 0.814. The number of hydrogen-bond donors (Lipinski definition) is 0. The molecule has 2 rings (SSSR count). The van der Waals surface area contributed by atoms with Crippen LogP contribution in [0.5, 0.6) is 5.75 Å². The molecule has 0 amide bonds. The van der Waals surface area contributed by atoms with Gasteiger partial charge >= 0.3 is 6.36 Å². The second kappa shape index (κ2) is 4.86. The molecule has 1 aromatic heterocycles. The third kappa shape index (κ3) is 3.13.